The smallest absolute Gasteiger partial charge is 0.312 e. The van der Waals surface area contributed by atoms with Crippen LogP contribution in [0, 0.1) is 10.1 Å². The van der Waals surface area contributed by atoms with E-state index < -0.39 is 4.92 Å². The average Bonchev–Trinajstić information content (AvgIpc) is 2.26. The first-order valence-electron chi connectivity index (χ1n) is 4.68. The Bertz CT molecular complexity index is 448. The molecule has 0 aliphatic carbocycles. The number of carbonyl (C=O) groups is 1. The molecule has 0 heterocycles. The molecule has 0 saturated carbocycles. The van der Waals surface area contributed by atoms with Crippen LogP contribution in [-0.4, -0.2) is 36.4 Å². The first kappa shape index (κ1) is 13.2. The molecule has 6 nitrogen and oxygen atoms in total. The van der Waals surface area contributed by atoms with Crippen molar-refractivity contribution in [1.82, 2.24) is 4.90 Å². The molecule has 17 heavy (non-hydrogen) atoms. The van der Waals surface area contributed by atoms with Gasteiger partial charge in [0, 0.05) is 25.2 Å². The van der Waals surface area contributed by atoms with Crippen molar-refractivity contribution < 1.29 is 14.5 Å². The van der Waals surface area contributed by atoms with Gasteiger partial charge >= 0.3 is 5.69 Å². The normalized spacial score (nSPS) is 9.82. The third kappa shape index (κ3) is 3.60. The van der Waals surface area contributed by atoms with Crippen LogP contribution >= 0.6 is 11.6 Å². The van der Waals surface area contributed by atoms with Gasteiger partial charge in [-0.15, -0.1) is 0 Å². The standard InChI is InChI=1S/C10H11ClN2O4/c1-12(2)10(14)6-17-9-4-3-7(11)5-8(9)13(15)16/h3-5H,6H2,1-2H3. The molecule has 0 aliphatic heterocycles. The Hall–Kier alpha value is -1.82. The molecule has 1 rings (SSSR count). The summed E-state index contributed by atoms with van der Waals surface area (Å²) < 4.78 is 5.09. The lowest BCUT2D eigenvalue weighted by molar-refractivity contribution is -0.385. The fourth-order valence-electron chi connectivity index (χ4n) is 1.02. The number of rotatable bonds is 4. The van der Waals surface area contributed by atoms with Gasteiger partial charge in [0.1, 0.15) is 0 Å². The second kappa shape index (κ2) is 5.49. The van der Waals surface area contributed by atoms with E-state index in [1.807, 2.05) is 0 Å². The number of halogens is 1. The summed E-state index contributed by atoms with van der Waals surface area (Å²) in [6.07, 6.45) is 0. The molecule has 1 aromatic carbocycles. The molecule has 0 saturated heterocycles. The van der Waals surface area contributed by atoms with E-state index in [-0.39, 0.29) is 29.0 Å². The highest BCUT2D eigenvalue weighted by molar-refractivity contribution is 6.30. The van der Waals surface area contributed by atoms with E-state index in [4.69, 9.17) is 16.3 Å². The number of carbonyl (C=O) groups excluding carboxylic acids is 1. The second-order valence-electron chi connectivity index (χ2n) is 3.45. The van der Waals surface area contributed by atoms with Crippen molar-refractivity contribution in [2.45, 2.75) is 0 Å². The monoisotopic (exact) mass is 258 g/mol. The Kier molecular flexibility index (Phi) is 4.28. The Morgan fingerprint density at radius 2 is 2.18 bits per heavy atom. The topological polar surface area (TPSA) is 72.7 Å². The van der Waals surface area contributed by atoms with Crippen LogP contribution in [0.2, 0.25) is 5.02 Å². The number of hydrogen-bond donors (Lipinski definition) is 0. The van der Waals surface area contributed by atoms with Crippen LogP contribution in [0.4, 0.5) is 5.69 Å². The zero-order chi connectivity index (χ0) is 13.0. The van der Waals surface area contributed by atoms with Gasteiger partial charge in [-0.2, -0.15) is 0 Å². The highest BCUT2D eigenvalue weighted by Crippen LogP contribution is 2.29. The van der Waals surface area contributed by atoms with Gasteiger partial charge in [-0.1, -0.05) is 11.6 Å². The van der Waals surface area contributed by atoms with E-state index in [2.05, 4.69) is 0 Å². The van der Waals surface area contributed by atoms with Gasteiger partial charge in [-0.05, 0) is 12.1 Å². The number of hydrogen-bond acceptors (Lipinski definition) is 4. The molecule has 0 radical (unpaired) electrons. The molecule has 92 valence electrons. The fraction of sp³-hybridized carbons (Fsp3) is 0.300. The van der Waals surface area contributed by atoms with Gasteiger partial charge in [0.2, 0.25) is 0 Å². The van der Waals surface area contributed by atoms with E-state index in [0.717, 1.165) is 0 Å². The Balaban J connectivity index is 2.84. The van der Waals surface area contributed by atoms with Gasteiger partial charge in [-0.3, -0.25) is 14.9 Å². The maximum absolute atomic E-state index is 11.3. The number of benzene rings is 1. The molecule has 0 aromatic heterocycles. The molecule has 0 unspecified atom stereocenters. The minimum absolute atomic E-state index is 0.0228. The maximum Gasteiger partial charge on any atom is 0.312 e. The fourth-order valence-corrected chi connectivity index (χ4v) is 1.19. The molecule has 0 N–H and O–H groups in total. The van der Waals surface area contributed by atoms with Crippen molar-refractivity contribution in [1.29, 1.82) is 0 Å². The van der Waals surface area contributed by atoms with Crippen LogP contribution < -0.4 is 4.74 Å². The highest BCUT2D eigenvalue weighted by atomic mass is 35.5. The van der Waals surface area contributed by atoms with Crippen molar-refractivity contribution in [3.8, 4) is 5.75 Å². The van der Waals surface area contributed by atoms with Crippen molar-refractivity contribution in [2.24, 2.45) is 0 Å². The lowest BCUT2D eigenvalue weighted by atomic mass is 10.3. The third-order valence-corrected chi connectivity index (χ3v) is 2.20. The van der Waals surface area contributed by atoms with Crippen molar-refractivity contribution in [2.75, 3.05) is 20.7 Å². The van der Waals surface area contributed by atoms with E-state index in [0.29, 0.717) is 0 Å². The summed E-state index contributed by atoms with van der Waals surface area (Å²) in [7, 11) is 3.14. The third-order valence-electron chi connectivity index (χ3n) is 1.97. The Morgan fingerprint density at radius 3 is 2.71 bits per heavy atom. The molecule has 1 amide bonds. The summed E-state index contributed by atoms with van der Waals surface area (Å²) in [5, 5.41) is 11.0. The summed E-state index contributed by atoms with van der Waals surface area (Å²) in [5.74, 6) is -0.260. The number of nitro groups is 1. The maximum atomic E-state index is 11.3. The van der Waals surface area contributed by atoms with Crippen molar-refractivity contribution in [3.63, 3.8) is 0 Å². The first-order valence-corrected chi connectivity index (χ1v) is 5.06. The molecular formula is C10H11ClN2O4. The van der Waals surface area contributed by atoms with Crippen molar-refractivity contribution in [3.05, 3.63) is 33.3 Å². The van der Waals surface area contributed by atoms with Gasteiger partial charge < -0.3 is 9.64 Å². The first-order chi connectivity index (χ1) is 7.91. The second-order valence-corrected chi connectivity index (χ2v) is 3.88. The van der Waals surface area contributed by atoms with Crippen LogP contribution in [0.1, 0.15) is 0 Å². The van der Waals surface area contributed by atoms with Crippen LogP contribution in [0.15, 0.2) is 18.2 Å². The Labute approximate surface area is 103 Å². The van der Waals surface area contributed by atoms with Gasteiger partial charge in [0.15, 0.2) is 12.4 Å². The largest absolute Gasteiger partial charge is 0.477 e. The summed E-state index contributed by atoms with van der Waals surface area (Å²) >= 11 is 5.64. The number of ether oxygens (including phenoxy) is 1. The van der Waals surface area contributed by atoms with Gasteiger partial charge in [-0.25, -0.2) is 0 Å². The molecule has 0 fully saturated rings. The Morgan fingerprint density at radius 1 is 1.53 bits per heavy atom. The predicted octanol–water partition coefficient (Wildman–Crippen LogP) is 1.72. The van der Waals surface area contributed by atoms with E-state index in [1.165, 1.54) is 23.1 Å². The van der Waals surface area contributed by atoms with Crippen LogP contribution in [0.25, 0.3) is 0 Å². The van der Waals surface area contributed by atoms with Gasteiger partial charge in [0.05, 0.1) is 4.92 Å². The zero-order valence-corrected chi connectivity index (χ0v) is 10.1. The minimum Gasteiger partial charge on any atom is -0.477 e. The lowest BCUT2D eigenvalue weighted by Crippen LogP contribution is -2.27. The molecule has 0 atom stereocenters. The minimum atomic E-state index is -0.610. The van der Waals surface area contributed by atoms with E-state index in [9.17, 15) is 14.9 Å². The molecule has 1 aromatic rings. The SMILES string of the molecule is CN(C)C(=O)COc1ccc(Cl)cc1[N+](=O)[O-]. The summed E-state index contributed by atoms with van der Waals surface area (Å²) in [6, 6.07) is 4.00. The highest BCUT2D eigenvalue weighted by Gasteiger charge is 2.17. The van der Waals surface area contributed by atoms with Crippen LogP contribution in [0.5, 0.6) is 5.75 Å². The lowest BCUT2D eigenvalue weighted by Gasteiger charge is -2.11. The average molecular weight is 259 g/mol. The summed E-state index contributed by atoms with van der Waals surface area (Å²) in [4.78, 5) is 22.7. The van der Waals surface area contributed by atoms with Crippen LogP contribution in [-0.2, 0) is 4.79 Å². The van der Waals surface area contributed by atoms with Crippen molar-refractivity contribution >= 4 is 23.2 Å². The molecule has 0 spiro atoms. The number of likely N-dealkylation sites (N-methyl/N-ethyl adjacent to an activating group) is 1. The number of amides is 1. The number of nitro benzene ring substituents is 1. The van der Waals surface area contributed by atoms with E-state index >= 15 is 0 Å². The molecule has 7 heteroatoms. The van der Waals surface area contributed by atoms with Gasteiger partial charge in [0.25, 0.3) is 5.91 Å². The summed E-state index contributed by atoms with van der Waals surface area (Å²) in [6.45, 7) is -0.254. The zero-order valence-electron chi connectivity index (χ0n) is 9.34. The number of nitrogens with zero attached hydrogens (tertiary/aromatic N) is 2. The summed E-state index contributed by atoms with van der Waals surface area (Å²) in [5.41, 5.74) is -0.260. The molecule has 0 bridgehead atoms. The predicted molar refractivity (Wildman–Crippen MR) is 62.3 cm³/mol. The quantitative estimate of drug-likeness (QED) is 0.609. The molecular weight excluding hydrogens is 248 g/mol. The molecule has 0 aliphatic rings. The van der Waals surface area contributed by atoms with Crippen LogP contribution in [0.3, 0.4) is 0 Å². The van der Waals surface area contributed by atoms with E-state index in [1.54, 1.807) is 14.1 Å².